The molecule has 0 radical (unpaired) electrons. The average molecular weight is 392 g/mol. The van der Waals surface area contributed by atoms with Gasteiger partial charge in [0.05, 0.1) is 22.4 Å². The number of para-hydroxylation sites is 3. The Morgan fingerprint density at radius 3 is 2.10 bits per heavy atom. The highest BCUT2D eigenvalue weighted by molar-refractivity contribution is 5.85. The Bertz CT molecular complexity index is 1290. The molecule has 3 aromatic carbocycles. The van der Waals surface area contributed by atoms with Gasteiger partial charge in [0.25, 0.3) is 0 Å². The number of benzene rings is 3. The normalized spacial score (nSPS) is 13.1. The van der Waals surface area contributed by atoms with Crippen molar-refractivity contribution in [3.05, 3.63) is 108 Å². The molecule has 4 aromatic rings. The van der Waals surface area contributed by atoms with Gasteiger partial charge in [0.1, 0.15) is 0 Å². The second kappa shape index (κ2) is 7.60. The molecule has 0 amide bonds. The number of hydrogen-bond acceptors (Lipinski definition) is 2. The van der Waals surface area contributed by atoms with Crippen LogP contribution < -0.4 is 21.0 Å². The van der Waals surface area contributed by atoms with Gasteiger partial charge in [0, 0.05) is 29.1 Å². The summed E-state index contributed by atoms with van der Waals surface area (Å²) in [5.74, 6) is 0. The van der Waals surface area contributed by atoms with Crippen LogP contribution in [0.4, 0.5) is 11.4 Å². The lowest BCUT2D eigenvalue weighted by molar-refractivity contribution is 0.749. The first-order valence-electron chi connectivity index (χ1n) is 10.4. The summed E-state index contributed by atoms with van der Waals surface area (Å²) in [7, 11) is 0. The first-order valence-corrected chi connectivity index (χ1v) is 10.4. The third-order valence-corrected chi connectivity index (χ3v) is 5.64. The van der Waals surface area contributed by atoms with Crippen LogP contribution >= 0.6 is 0 Å². The number of nitrogens with one attached hydrogen (secondary N) is 1. The minimum absolute atomic E-state index is 0.791. The first kappa shape index (κ1) is 18.3. The van der Waals surface area contributed by atoms with Crippen LogP contribution in [0.3, 0.4) is 0 Å². The molecule has 1 aliphatic carbocycles. The molecule has 0 bridgehead atoms. The molecule has 1 aliphatic rings. The summed E-state index contributed by atoms with van der Waals surface area (Å²) in [5, 5.41) is 5.95. The van der Waals surface area contributed by atoms with Crippen LogP contribution in [-0.2, 0) is 6.54 Å². The van der Waals surface area contributed by atoms with E-state index in [-0.39, 0.29) is 0 Å². The van der Waals surface area contributed by atoms with Crippen molar-refractivity contribution in [1.82, 2.24) is 9.99 Å². The fourth-order valence-corrected chi connectivity index (χ4v) is 4.36. The summed E-state index contributed by atoms with van der Waals surface area (Å²) in [6.07, 6.45) is 3.03. The van der Waals surface area contributed by atoms with Crippen molar-refractivity contribution >= 4 is 34.1 Å². The van der Waals surface area contributed by atoms with Crippen molar-refractivity contribution in [2.45, 2.75) is 19.9 Å². The summed E-state index contributed by atoms with van der Waals surface area (Å²) in [6.45, 7) is 7.44. The zero-order valence-electron chi connectivity index (χ0n) is 17.2. The van der Waals surface area contributed by atoms with Gasteiger partial charge in [-0.15, -0.1) is 0 Å². The second-order valence-corrected chi connectivity index (χ2v) is 7.60. The molecular formula is C27H25N3. The van der Waals surface area contributed by atoms with Crippen molar-refractivity contribution < 1.29 is 0 Å². The number of aromatic nitrogens is 1. The summed E-state index contributed by atoms with van der Waals surface area (Å²) in [4.78, 5) is 0. The summed E-state index contributed by atoms with van der Waals surface area (Å²) in [5.41, 5.74) is 9.50. The third-order valence-electron chi connectivity index (χ3n) is 5.64. The van der Waals surface area contributed by atoms with Crippen molar-refractivity contribution in [2.24, 2.45) is 0 Å². The summed E-state index contributed by atoms with van der Waals surface area (Å²) in [6, 6.07) is 29.5. The number of hydrazine groups is 1. The average Bonchev–Trinajstić information content (AvgIpc) is 3.12. The maximum absolute atomic E-state index is 4.31. The smallest absolute Gasteiger partial charge is 0.0706 e. The van der Waals surface area contributed by atoms with Gasteiger partial charge in [-0.25, -0.2) is 0 Å². The number of hydrogen-bond donors (Lipinski definition) is 1. The molecule has 0 aliphatic heterocycles. The zero-order valence-corrected chi connectivity index (χ0v) is 17.2. The van der Waals surface area contributed by atoms with E-state index >= 15 is 0 Å². The molecule has 0 saturated carbocycles. The van der Waals surface area contributed by atoms with E-state index in [1.807, 2.05) is 12.1 Å². The highest BCUT2D eigenvalue weighted by Gasteiger charge is 2.18. The summed E-state index contributed by atoms with van der Waals surface area (Å²) >= 11 is 0. The quantitative estimate of drug-likeness (QED) is 0.491. The van der Waals surface area contributed by atoms with Crippen LogP contribution in [-0.4, -0.2) is 4.57 Å². The Morgan fingerprint density at radius 2 is 1.47 bits per heavy atom. The van der Waals surface area contributed by atoms with E-state index in [1.165, 1.54) is 27.2 Å². The van der Waals surface area contributed by atoms with E-state index in [4.69, 9.17) is 0 Å². The van der Waals surface area contributed by atoms with E-state index in [1.54, 1.807) is 0 Å². The lowest BCUT2D eigenvalue weighted by Crippen LogP contribution is -2.43. The second-order valence-electron chi connectivity index (χ2n) is 7.60. The monoisotopic (exact) mass is 391 g/mol. The SMILES string of the molecule is C=C1C=c2c(n(CC)c3ccccc23)=C(NN(c2ccccc2)c2ccccc2)C1. The van der Waals surface area contributed by atoms with E-state index < -0.39 is 0 Å². The number of fused-ring (bicyclic) bond motifs is 3. The van der Waals surface area contributed by atoms with Gasteiger partial charge >= 0.3 is 0 Å². The Balaban J connectivity index is 1.75. The van der Waals surface area contributed by atoms with Crippen LogP contribution in [0, 0.1) is 0 Å². The maximum Gasteiger partial charge on any atom is 0.0706 e. The Morgan fingerprint density at radius 1 is 0.867 bits per heavy atom. The number of rotatable bonds is 5. The van der Waals surface area contributed by atoms with E-state index in [2.05, 4.69) is 107 Å². The predicted molar refractivity (Wildman–Crippen MR) is 127 cm³/mol. The molecular weight excluding hydrogens is 366 g/mol. The van der Waals surface area contributed by atoms with Gasteiger partial charge in [-0.3, -0.25) is 10.4 Å². The van der Waals surface area contributed by atoms with E-state index in [0.29, 0.717) is 0 Å². The van der Waals surface area contributed by atoms with Gasteiger partial charge in [-0.2, -0.15) is 0 Å². The largest absolute Gasteiger partial charge is 0.339 e. The van der Waals surface area contributed by atoms with Gasteiger partial charge in [-0.1, -0.05) is 61.2 Å². The van der Waals surface area contributed by atoms with Crippen molar-refractivity contribution in [1.29, 1.82) is 0 Å². The van der Waals surface area contributed by atoms with Crippen molar-refractivity contribution in [2.75, 3.05) is 5.01 Å². The molecule has 3 nitrogen and oxygen atoms in total. The standard InChI is InChI=1S/C27H25N3/c1-3-29-26-17-11-10-16-23(26)24-18-20(2)19-25(27(24)29)28-30(21-12-6-4-7-13-21)22-14-8-5-9-15-22/h4-18,28H,2-3,19H2,1H3. The van der Waals surface area contributed by atoms with Crippen LogP contribution in [0.25, 0.3) is 22.7 Å². The van der Waals surface area contributed by atoms with Crippen LogP contribution in [0.5, 0.6) is 0 Å². The molecule has 0 unspecified atom stereocenters. The molecule has 1 aromatic heterocycles. The van der Waals surface area contributed by atoms with Gasteiger partial charge < -0.3 is 4.57 Å². The number of anilines is 2. The number of aryl methyl sites for hydroxylation is 1. The van der Waals surface area contributed by atoms with Crippen LogP contribution in [0.2, 0.25) is 0 Å². The molecule has 0 spiro atoms. The minimum atomic E-state index is 0.791. The highest BCUT2D eigenvalue weighted by atomic mass is 15.5. The van der Waals surface area contributed by atoms with E-state index in [9.17, 15) is 0 Å². The third kappa shape index (κ3) is 3.09. The number of nitrogens with zero attached hydrogens (tertiary/aromatic N) is 2. The lowest BCUT2D eigenvalue weighted by atomic mass is 10.0. The Labute approximate surface area is 176 Å². The Hall–Kier alpha value is -3.72. The lowest BCUT2D eigenvalue weighted by Gasteiger charge is -2.29. The van der Waals surface area contributed by atoms with Crippen molar-refractivity contribution in [3.63, 3.8) is 0 Å². The first-order chi connectivity index (χ1) is 14.8. The van der Waals surface area contributed by atoms with Gasteiger partial charge in [-0.05, 0) is 48.9 Å². The molecule has 148 valence electrons. The van der Waals surface area contributed by atoms with Gasteiger partial charge in [0.15, 0.2) is 0 Å². The fraction of sp³-hybridized carbons (Fsp3) is 0.111. The van der Waals surface area contributed by atoms with Crippen LogP contribution in [0.1, 0.15) is 13.3 Å². The molecule has 5 rings (SSSR count). The van der Waals surface area contributed by atoms with Crippen LogP contribution in [0.15, 0.2) is 97.1 Å². The minimum Gasteiger partial charge on any atom is -0.339 e. The fourth-order valence-electron chi connectivity index (χ4n) is 4.36. The molecule has 1 heterocycles. The van der Waals surface area contributed by atoms with E-state index in [0.717, 1.165) is 29.9 Å². The molecule has 0 atom stereocenters. The molecule has 0 fully saturated rings. The van der Waals surface area contributed by atoms with Gasteiger partial charge in [0.2, 0.25) is 0 Å². The maximum atomic E-state index is 4.31. The Kier molecular flexibility index (Phi) is 4.64. The molecule has 30 heavy (non-hydrogen) atoms. The molecule has 3 heteroatoms. The molecule has 0 saturated heterocycles. The molecule has 1 N–H and O–H groups in total. The van der Waals surface area contributed by atoms with Crippen molar-refractivity contribution in [3.8, 4) is 0 Å². The topological polar surface area (TPSA) is 20.2 Å². The summed E-state index contributed by atoms with van der Waals surface area (Å²) < 4.78 is 2.41. The zero-order chi connectivity index (χ0) is 20.5. The highest BCUT2D eigenvalue weighted by Crippen LogP contribution is 2.25. The predicted octanol–water partition coefficient (Wildman–Crippen LogP) is 4.85.